The molecule has 0 aromatic carbocycles. The number of carboxylic acid groups (broad SMARTS) is 1. The molecule has 0 aliphatic rings. The number of hydrogen-bond acceptors (Lipinski definition) is 3. The van der Waals surface area contributed by atoms with E-state index in [1.807, 2.05) is 0 Å². The van der Waals surface area contributed by atoms with Crippen LogP contribution in [0.2, 0.25) is 0 Å². The van der Waals surface area contributed by atoms with Gasteiger partial charge in [-0.2, -0.15) is 0 Å². The van der Waals surface area contributed by atoms with E-state index >= 15 is 0 Å². The van der Waals surface area contributed by atoms with E-state index in [1.54, 1.807) is 12.2 Å². The van der Waals surface area contributed by atoms with Crippen LogP contribution in [0.25, 0.3) is 0 Å². The fourth-order valence-electron chi connectivity index (χ4n) is 2.39. The molecule has 4 heteroatoms. The monoisotopic (exact) mass is 314 g/mol. The van der Waals surface area contributed by atoms with Crippen molar-refractivity contribution < 1.29 is 20.1 Å². The second kappa shape index (κ2) is 15.0. The third-order valence-corrected chi connectivity index (χ3v) is 3.80. The molecule has 3 N–H and O–H groups in total. The highest BCUT2D eigenvalue weighted by Gasteiger charge is 2.04. The number of unbranched alkanes of at least 4 members (excludes halogenated alkanes) is 7. The number of carboxylic acids is 1. The van der Waals surface area contributed by atoms with Crippen LogP contribution in [-0.2, 0) is 4.79 Å². The van der Waals surface area contributed by atoms with E-state index in [-0.39, 0.29) is 6.42 Å². The Morgan fingerprint density at radius 2 is 1.27 bits per heavy atom. The molecule has 0 spiro atoms. The molecule has 0 radical (unpaired) electrons. The largest absolute Gasteiger partial charge is 0.481 e. The van der Waals surface area contributed by atoms with Gasteiger partial charge in [-0.3, -0.25) is 4.79 Å². The van der Waals surface area contributed by atoms with Crippen LogP contribution in [0.4, 0.5) is 0 Å². The summed E-state index contributed by atoms with van der Waals surface area (Å²) in [7, 11) is 0. The molecule has 0 aromatic rings. The summed E-state index contributed by atoms with van der Waals surface area (Å²) in [4.78, 5) is 10.3. The number of rotatable bonds is 15. The Morgan fingerprint density at radius 3 is 1.77 bits per heavy atom. The maximum atomic E-state index is 10.3. The van der Waals surface area contributed by atoms with Crippen molar-refractivity contribution in [2.45, 2.75) is 96.2 Å². The lowest BCUT2D eigenvalue weighted by atomic mass is 10.0. The summed E-state index contributed by atoms with van der Waals surface area (Å²) in [6, 6.07) is 0. The summed E-state index contributed by atoms with van der Waals surface area (Å²) in [5.41, 5.74) is 0. The SMILES string of the molecule is CCCCCCCCCC(O)C=CC(O)CCCCC(=O)O. The highest BCUT2D eigenvalue weighted by atomic mass is 16.4. The maximum absolute atomic E-state index is 10.3. The number of aliphatic carboxylic acids is 1. The Bertz CT molecular complexity index is 289. The Hall–Kier alpha value is -0.870. The zero-order chi connectivity index (χ0) is 16.6. The Balaban J connectivity index is 3.51. The molecule has 0 aliphatic carbocycles. The van der Waals surface area contributed by atoms with Gasteiger partial charge in [0.2, 0.25) is 0 Å². The van der Waals surface area contributed by atoms with E-state index in [0.717, 1.165) is 19.3 Å². The summed E-state index contributed by atoms with van der Waals surface area (Å²) in [6.45, 7) is 2.21. The lowest BCUT2D eigenvalue weighted by molar-refractivity contribution is -0.137. The summed E-state index contributed by atoms with van der Waals surface area (Å²) in [6.07, 6.45) is 13.5. The molecular weight excluding hydrogens is 280 g/mol. The quantitative estimate of drug-likeness (QED) is 0.315. The summed E-state index contributed by atoms with van der Waals surface area (Å²) in [5.74, 6) is -0.796. The number of aliphatic hydroxyl groups excluding tert-OH is 2. The third kappa shape index (κ3) is 15.5. The number of aliphatic hydroxyl groups is 2. The molecule has 0 aliphatic heterocycles. The van der Waals surface area contributed by atoms with E-state index in [2.05, 4.69) is 6.92 Å². The first-order valence-corrected chi connectivity index (χ1v) is 8.82. The van der Waals surface area contributed by atoms with Crippen LogP contribution in [0.1, 0.15) is 84.0 Å². The van der Waals surface area contributed by atoms with Crippen molar-refractivity contribution in [3.8, 4) is 0 Å². The van der Waals surface area contributed by atoms with Gasteiger partial charge in [-0.15, -0.1) is 0 Å². The first-order valence-electron chi connectivity index (χ1n) is 8.82. The normalized spacial score (nSPS) is 14.3. The van der Waals surface area contributed by atoms with Gasteiger partial charge in [0.1, 0.15) is 0 Å². The molecule has 4 nitrogen and oxygen atoms in total. The Kier molecular flexibility index (Phi) is 14.4. The molecule has 0 bridgehead atoms. The van der Waals surface area contributed by atoms with E-state index in [4.69, 9.17) is 5.11 Å². The van der Waals surface area contributed by atoms with Gasteiger partial charge in [-0.25, -0.2) is 0 Å². The van der Waals surface area contributed by atoms with Crippen LogP contribution >= 0.6 is 0 Å². The first kappa shape index (κ1) is 21.1. The molecule has 22 heavy (non-hydrogen) atoms. The molecule has 0 saturated carbocycles. The highest BCUT2D eigenvalue weighted by Crippen LogP contribution is 2.11. The molecule has 130 valence electrons. The van der Waals surface area contributed by atoms with Crippen molar-refractivity contribution in [3.05, 3.63) is 12.2 Å². The standard InChI is InChI=1S/C18H34O4/c1-2-3-4-5-6-7-8-11-16(19)14-15-17(20)12-9-10-13-18(21)22/h14-17,19-20H,2-13H2,1H3,(H,21,22). The predicted molar refractivity (Wildman–Crippen MR) is 89.9 cm³/mol. The fraction of sp³-hybridized carbons (Fsp3) is 0.833. The average Bonchev–Trinajstić information content (AvgIpc) is 2.48. The van der Waals surface area contributed by atoms with Gasteiger partial charge in [0, 0.05) is 6.42 Å². The van der Waals surface area contributed by atoms with Crippen molar-refractivity contribution >= 4 is 5.97 Å². The van der Waals surface area contributed by atoms with Crippen molar-refractivity contribution in [2.75, 3.05) is 0 Å². The summed E-state index contributed by atoms with van der Waals surface area (Å²) < 4.78 is 0. The maximum Gasteiger partial charge on any atom is 0.303 e. The van der Waals surface area contributed by atoms with Gasteiger partial charge >= 0.3 is 5.97 Å². The lowest BCUT2D eigenvalue weighted by Crippen LogP contribution is -2.07. The third-order valence-electron chi connectivity index (χ3n) is 3.80. The van der Waals surface area contributed by atoms with Crippen LogP contribution in [-0.4, -0.2) is 33.5 Å². The van der Waals surface area contributed by atoms with Gasteiger partial charge in [0.15, 0.2) is 0 Å². The molecular formula is C18H34O4. The minimum Gasteiger partial charge on any atom is -0.481 e. The minimum absolute atomic E-state index is 0.150. The number of hydrogen-bond donors (Lipinski definition) is 3. The average molecular weight is 314 g/mol. The van der Waals surface area contributed by atoms with Gasteiger partial charge in [-0.05, 0) is 25.7 Å². The minimum atomic E-state index is -0.796. The van der Waals surface area contributed by atoms with E-state index < -0.39 is 18.2 Å². The van der Waals surface area contributed by atoms with Gasteiger partial charge < -0.3 is 15.3 Å². The fourth-order valence-corrected chi connectivity index (χ4v) is 2.39. The van der Waals surface area contributed by atoms with Crippen molar-refractivity contribution in [2.24, 2.45) is 0 Å². The molecule has 2 atom stereocenters. The molecule has 2 unspecified atom stereocenters. The molecule has 0 amide bonds. The van der Waals surface area contributed by atoms with E-state index in [1.165, 1.54) is 32.1 Å². The van der Waals surface area contributed by atoms with Crippen molar-refractivity contribution in [3.63, 3.8) is 0 Å². The van der Waals surface area contributed by atoms with Crippen LogP contribution in [0.5, 0.6) is 0 Å². The molecule has 0 saturated heterocycles. The van der Waals surface area contributed by atoms with Crippen LogP contribution < -0.4 is 0 Å². The molecule has 0 heterocycles. The number of carbonyl (C=O) groups is 1. The smallest absolute Gasteiger partial charge is 0.303 e. The molecule has 0 rings (SSSR count). The van der Waals surface area contributed by atoms with Crippen molar-refractivity contribution in [1.29, 1.82) is 0 Å². The van der Waals surface area contributed by atoms with Crippen LogP contribution in [0, 0.1) is 0 Å². The van der Waals surface area contributed by atoms with Gasteiger partial charge in [0.25, 0.3) is 0 Å². The molecule has 0 fully saturated rings. The second-order valence-electron chi connectivity index (χ2n) is 6.07. The zero-order valence-corrected chi connectivity index (χ0v) is 14.0. The van der Waals surface area contributed by atoms with Gasteiger partial charge in [-0.1, -0.05) is 64.0 Å². The second-order valence-corrected chi connectivity index (χ2v) is 6.07. The lowest BCUT2D eigenvalue weighted by Gasteiger charge is -2.08. The topological polar surface area (TPSA) is 77.8 Å². The predicted octanol–water partition coefficient (Wildman–Crippen LogP) is 4.05. The molecule has 0 aromatic heterocycles. The van der Waals surface area contributed by atoms with Crippen molar-refractivity contribution in [1.82, 2.24) is 0 Å². The highest BCUT2D eigenvalue weighted by molar-refractivity contribution is 5.66. The van der Waals surface area contributed by atoms with E-state index in [9.17, 15) is 15.0 Å². The summed E-state index contributed by atoms with van der Waals surface area (Å²) >= 11 is 0. The van der Waals surface area contributed by atoms with Crippen LogP contribution in [0.15, 0.2) is 12.2 Å². The Morgan fingerprint density at radius 1 is 0.818 bits per heavy atom. The van der Waals surface area contributed by atoms with Gasteiger partial charge in [0.05, 0.1) is 12.2 Å². The summed E-state index contributed by atoms with van der Waals surface area (Å²) in [5, 5.41) is 28.0. The zero-order valence-electron chi connectivity index (χ0n) is 14.0. The Labute approximate surface area is 135 Å². The first-order chi connectivity index (χ1) is 10.6. The van der Waals surface area contributed by atoms with Crippen LogP contribution in [0.3, 0.4) is 0 Å². The van der Waals surface area contributed by atoms with E-state index in [0.29, 0.717) is 19.3 Å².